The molecule has 2 rings (SSSR count). The van der Waals surface area contributed by atoms with E-state index in [-0.39, 0.29) is 5.78 Å². The molecule has 13 heavy (non-hydrogen) atoms. The first kappa shape index (κ1) is 8.44. The van der Waals surface area contributed by atoms with Gasteiger partial charge in [-0.3, -0.25) is 9.48 Å². The van der Waals surface area contributed by atoms with Crippen molar-refractivity contribution in [1.29, 1.82) is 0 Å². The molecule has 0 aromatic carbocycles. The monoisotopic (exact) mass is 179 g/mol. The predicted octanol–water partition coefficient (Wildman–Crippen LogP) is 0.0502. The molecule has 4 nitrogen and oxygen atoms in total. The number of carbonyl (C=O) groups excluding carboxylic acids is 1. The van der Waals surface area contributed by atoms with Crippen LogP contribution in [0.1, 0.15) is 28.2 Å². The molecule has 0 aliphatic heterocycles. The Morgan fingerprint density at radius 2 is 2.31 bits per heavy atom. The predicted molar refractivity (Wildman–Crippen MR) is 48.6 cm³/mol. The number of carbonyl (C=O) groups is 1. The Morgan fingerprint density at radius 1 is 1.54 bits per heavy atom. The van der Waals surface area contributed by atoms with Crippen LogP contribution in [-0.2, 0) is 19.9 Å². The Hall–Kier alpha value is -1.16. The van der Waals surface area contributed by atoms with Crippen LogP contribution in [0.2, 0.25) is 0 Å². The SMILES string of the molecule is Cn1nc(CCN)c2c1CCC2=O. The maximum Gasteiger partial charge on any atom is 0.166 e. The molecule has 0 unspecified atom stereocenters. The highest BCUT2D eigenvalue weighted by molar-refractivity contribution is 6.01. The van der Waals surface area contributed by atoms with Crippen LogP contribution in [0.15, 0.2) is 0 Å². The average molecular weight is 179 g/mol. The quantitative estimate of drug-likeness (QED) is 0.697. The van der Waals surface area contributed by atoms with Crippen molar-refractivity contribution in [2.75, 3.05) is 6.54 Å². The number of nitrogens with zero attached hydrogens (tertiary/aromatic N) is 2. The third-order valence-corrected chi connectivity index (χ3v) is 2.49. The van der Waals surface area contributed by atoms with E-state index >= 15 is 0 Å². The second kappa shape index (κ2) is 2.96. The van der Waals surface area contributed by atoms with Gasteiger partial charge in [0, 0.05) is 25.6 Å². The smallest absolute Gasteiger partial charge is 0.166 e. The van der Waals surface area contributed by atoms with Gasteiger partial charge >= 0.3 is 0 Å². The molecule has 1 heterocycles. The topological polar surface area (TPSA) is 60.9 Å². The Labute approximate surface area is 76.7 Å². The Morgan fingerprint density at radius 3 is 3.00 bits per heavy atom. The number of rotatable bonds is 2. The van der Waals surface area contributed by atoms with Gasteiger partial charge < -0.3 is 5.73 Å². The lowest BCUT2D eigenvalue weighted by molar-refractivity contribution is 0.0993. The molecule has 0 fully saturated rings. The van der Waals surface area contributed by atoms with Gasteiger partial charge in [0.1, 0.15) is 0 Å². The summed E-state index contributed by atoms with van der Waals surface area (Å²) in [5, 5.41) is 4.29. The molecule has 70 valence electrons. The van der Waals surface area contributed by atoms with Crippen molar-refractivity contribution in [2.45, 2.75) is 19.3 Å². The molecular formula is C9H13N3O. The molecule has 0 saturated carbocycles. The first-order valence-corrected chi connectivity index (χ1v) is 4.52. The lowest BCUT2D eigenvalue weighted by Crippen LogP contribution is -2.07. The zero-order valence-electron chi connectivity index (χ0n) is 7.71. The van der Waals surface area contributed by atoms with Crippen molar-refractivity contribution in [3.8, 4) is 0 Å². The number of nitrogens with two attached hydrogens (primary N) is 1. The number of fused-ring (bicyclic) bond motifs is 1. The molecule has 0 atom stereocenters. The van der Waals surface area contributed by atoms with Crippen LogP contribution in [0.25, 0.3) is 0 Å². The van der Waals surface area contributed by atoms with Gasteiger partial charge in [0.15, 0.2) is 5.78 Å². The molecule has 2 N–H and O–H groups in total. The Balaban J connectivity index is 2.48. The first-order valence-electron chi connectivity index (χ1n) is 4.52. The van der Waals surface area contributed by atoms with Gasteiger partial charge in [-0.25, -0.2) is 0 Å². The Bertz CT molecular complexity index is 354. The van der Waals surface area contributed by atoms with Gasteiger partial charge in [-0.15, -0.1) is 0 Å². The van der Waals surface area contributed by atoms with E-state index in [0.29, 0.717) is 19.4 Å². The summed E-state index contributed by atoms with van der Waals surface area (Å²) in [5.41, 5.74) is 8.24. The third kappa shape index (κ3) is 1.18. The summed E-state index contributed by atoms with van der Waals surface area (Å²) in [7, 11) is 1.89. The minimum Gasteiger partial charge on any atom is -0.330 e. The molecule has 1 aromatic rings. The number of ketones is 1. The summed E-state index contributed by atoms with van der Waals surface area (Å²) in [6.45, 7) is 0.552. The maximum atomic E-state index is 11.5. The molecule has 0 amide bonds. The fourth-order valence-electron chi connectivity index (χ4n) is 1.90. The van der Waals surface area contributed by atoms with E-state index in [1.807, 2.05) is 11.7 Å². The fraction of sp³-hybridized carbons (Fsp3) is 0.556. The molecule has 1 aliphatic rings. The van der Waals surface area contributed by atoms with Gasteiger partial charge in [0.05, 0.1) is 11.3 Å². The van der Waals surface area contributed by atoms with Crippen LogP contribution in [0.4, 0.5) is 0 Å². The molecular weight excluding hydrogens is 166 g/mol. The van der Waals surface area contributed by atoms with Crippen molar-refractivity contribution < 1.29 is 4.79 Å². The minimum absolute atomic E-state index is 0.228. The lowest BCUT2D eigenvalue weighted by atomic mass is 10.1. The largest absolute Gasteiger partial charge is 0.330 e. The molecule has 0 radical (unpaired) electrons. The summed E-state index contributed by atoms with van der Waals surface area (Å²) in [6, 6.07) is 0. The first-order chi connectivity index (χ1) is 6.24. The van der Waals surface area contributed by atoms with Crippen molar-refractivity contribution in [3.05, 3.63) is 17.0 Å². The summed E-state index contributed by atoms with van der Waals surface area (Å²) in [4.78, 5) is 11.5. The van der Waals surface area contributed by atoms with E-state index in [0.717, 1.165) is 23.4 Å². The van der Waals surface area contributed by atoms with Gasteiger partial charge in [-0.1, -0.05) is 0 Å². The summed E-state index contributed by atoms with van der Waals surface area (Å²) in [5.74, 6) is 0.228. The number of aromatic nitrogens is 2. The average Bonchev–Trinajstić information content (AvgIpc) is 2.58. The number of Topliss-reactive ketones (excluding diaryl/α,β-unsaturated/α-hetero) is 1. The second-order valence-electron chi connectivity index (χ2n) is 3.35. The highest BCUT2D eigenvalue weighted by Gasteiger charge is 2.27. The number of hydrogen-bond donors (Lipinski definition) is 1. The number of hydrogen-bond acceptors (Lipinski definition) is 3. The summed E-state index contributed by atoms with van der Waals surface area (Å²) >= 11 is 0. The zero-order chi connectivity index (χ0) is 9.42. The molecule has 1 aliphatic carbocycles. The Kier molecular flexibility index (Phi) is 1.92. The van der Waals surface area contributed by atoms with Gasteiger partial charge in [-0.2, -0.15) is 5.10 Å². The zero-order valence-corrected chi connectivity index (χ0v) is 7.71. The van der Waals surface area contributed by atoms with Crippen molar-refractivity contribution in [3.63, 3.8) is 0 Å². The van der Waals surface area contributed by atoms with Crippen LogP contribution >= 0.6 is 0 Å². The molecule has 0 spiro atoms. The van der Waals surface area contributed by atoms with Crippen molar-refractivity contribution >= 4 is 5.78 Å². The maximum absolute atomic E-state index is 11.5. The highest BCUT2D eigenvalue weighted by atomic mass is 16.1. The van der Waals surface area contributed by atoms with E-state index in [1.165, 1.54) is 0 Å². The van der Waals surface area contributed by atoms with E-state index in [9.17, 15) is 4.79 Å². The number of aryl methyl sites for hydroxylation is 1. The van der Waals surface area contributed by atoms with Crippen LogP contribution < -0.4 is 5.73 Å². The standard InChI is InChI=1S/C9H13N3O/c1-12-7-2-3-8(13)9(7)6(11-12)4-5-10/h2-5,10H2,1H3. The third-order valence-electron chi connectivity index (χ3n) is 2.49. The molecule has 4 heteroatoms. The van der Waals surface area contributed by atoms with E-state index in [4.69, 9.17) is 5.73 Å². The van der Waals surface area contributed by atoms with Gasteiger partial charge in [0.25, 0.3) is 0 Å². The molecule has 0 saturated heterocycles. The van der Waals surface area contributed by atoms with Crippen LogP contribution in [0.5, 0.6) is 0 Å². The van der Waals surface area contributed by atoms with Crippen LogP contribution in [0, 0.1) is 0 Å². The summed E-state index contributed by atoms with van der Waals surface area (Å²) < 4.78 is 1.81. The van der Waals surface area contributed by atoms with E-state index in [1.54, 1.807) is 0 Å². The molecule has 1 aromatic heterocycles. The lowest BCUT2D eigenvalue weighted by Gasteiger charge is -1.94. The van der Waals surface area contributed by atoms with Crippen LogP contribution in [-0.4, -0.2) is 22.1 Å². The fourth-order valence-corrected chi connectivity index (χ4v) is 1.90. The second-order valence-corrected chi connectivity index (χ2v) is 3.35. The van der Waals surface area contributed by atoms with E-state index < -0.39 is 0 Å². The van der Waals surface area contributed by atoms with Crippen LogP contribution in [0.3, 0.4) is 0 Å². The minimum atomic E-state index is 0.228. The van der Waals surface area contributed by atoms with Crippen molar-refractivity contribution in [2.24, 2.45) is 12.8 Å². The summed E-state index contributed by atoms with van der Waals surface area (Å²) in [6.07, 6.45) is 2.18. The normalized spacial score (nSPS) is 15.1. The highest BCUT2D eigenvalue weighted by Crippen LogP contribution is 2.24. The molecule has 0 bridgehead atoms. The van der Waals surface area contributed by atoms with Gasteiger partial charge in [0.2, 0.25) is 0 Å². The van der Waals surface area contributed by atoms with Gasteiger partial charge in [-0.05, 0) is 13.0 Å². The van der Waals surface area contributed by atoms with Crippen molar-refractivity contribution in [1.82, 2.24) is 9.78 Å². The van der Waals surface area contributed by atoms with E-state index in [2.05, 4.69) is 5.10 Å².